The lowest BCUT2D eigenvalue weighted by molar-refractivity contribution is 0.0972. The predicted octanol–water partition coefficient (Wildman–Crippen LogP) is 2.33. The zero-order valence-corrected chi connectivity index (χ0v) is 14.1. The van der Waals surface area contributed by atoms with Crippen molar-refractivity contribution in [2.45, 2.75) is 25.4 Å². The number of hydrogen-bond acceptors (Lipinski definition) is 5. The van der Waals surface area contributed by atoms with E-state index in [1.807, 2.05) is 0 Å². The molecule has 128 valence electrons. The van der Waals surface area contributed by atoms with E-state index in [2.05, 4.69) is 0 Å². The van der Waals surface area contributed by atoms with Gasteiger partial charge in [0.25, 0.3) is 0 Å². The molecule has 0 spiro atoms. The second-order valence-corrected chi connectivity index (χ2v) is 6.37. The fourth-order valence-corrected chi connectivity index (χ4v) is 3.96. The van der Waals surface area contributed by atoms with Crippen molar-refractivity contribution in [3.8, 4) is 11.5 Å². The molecule has 0 saturated heterocycles. The maximum atomic E-state index is 13.1. The van der Waals surface area contributed by atoms with Crippen LogP contribution >= 0.6 is 0 Å². The van der Waals surface area contributed by atoms with Crippen molar-refractivity contribution in [1.82, 2.24) is 0 Å². The van der Waals surface area contributed by atoms with Gasteiger partial charge in [0.2, 0.25) is 0 Å². The highest BCUT2D eigenvalue weighted by molar-refractivity contribution is 6.30. The molecule has 0 aliphatic heterocycles. The summed E-state index contributed by atoms with van der Waals surface area (Å²) in [6, 6.07) is 6.79. The maximum absolute atomic E-state index is 13.1. The Kier molecular flexibility index (Phi) is 3.62. The average molecular weight is 338 g/mol. The van der Waals surface area contributed by atoms with Crippen LogP contribution in [0, 0.1) is 0 Å². The van der Waals surface area contributed by atoms with Gasteiger partial charge < -0.3 is 14.6 Å². The number of carbonyl (C=O) groups excluding carboxylic acids is 2. The van der Waals surface area contributed by atoms with Crippen LogP contribution in [0.2, 0.25) is 0 Å². The van der Waals surface area contributed by atoms with Crippen LogP contribution < -0.4 is 9.47 Å². The standard InChI is InChI=1S/C20H18O5/c1-24-19-13-8-7-10(21)9-14(13)20(25-2)16-15(19)17(22)11-5-3-4-6-12(11)18(16)23/h3-6,10,21H,7-9H2,1-2H3. The summed E-state index contributed by atoms with van der Waals surface area (Å²) in [5.74, 6) is 0.348. The Hall–Kier alpha value is -2.66. The van der Waals surface area contributed by atoms with E-state index in [0.717, 1.165) is 11.1 Å². The van der Waals surface area contributed by atoms with Crippen molar-refractivity contribution < 1.29 is 24.2 Å². The second-order valence-electron chi connectivity index (χ2n) is 6.37. The van der Waals surface area contributed by atoms with Gasteiger partial charge in [-0.15, -0.1) is 0 Å². The summed E-state index contributed by atoms with van der Waals surface area (Å²) >= 11 is 0. The van der Waals surface area contributed by atoms with Gasteiger partial charge in [-0.3, -0.25) is 9.59 Å². The van der Waals surface area contributed by atoms with Crippen molar-refractivity contribution in [3.05, 3.63) is 57.6 Å². The molecule has 0 radical (unpaired) electrons. The number of ketones is 2. The minimum Gasteiger partial charge on any atom is -0.496 e. The van der Waals surface area contributed by atoms with Crippen LogP contribution in [0.25, 0.3) is 0 Å². The van der Waals surface area contributed by atoms with E-state index in [0.29, 0.717) is 41.9 Å². The summed E-state index contributed by atoms with van der Waals surface area (Å²) in [5, 5.41) is 10.1. The van der Waals surface area contributed by atoms with Crippen LogP contribution in [0.1, 0.15) is 49.4 Å². The molecule has 25 heavy (non-hydrogen) atoms. The fraction of sp³-hybridized carbons (Fsp3) is 0.300. The first-order valence-electron chi connectivity index (χ1n) is 8.24. The Morgan fingerprint density at radius 2 is 1.44 bits per heavy atom. The second kappa shape index (κ2) is 5.70. The number of fused-ring (bicyclic) bond motifs is 3. The smallest absolute Gasteiger partial charge is 0.198 e. The number of aliphatic hydroxyl groups is 1. The molecular weight excluding hydrogens is 320 g/mol. The molecule has 0 saturated carbocycles. The SMILES string of the molecule is COc1c2c(c(OC)c3c1C(=O)c1ccccc1C3=O)CC(O)CC2. The molecule has 0 aromatic heterocycles. The molecule has 5 heteroatoms. The Bertz CT molecular complexity index is 913. The monoisotopic (exact) mass is 338 g/mol. The van der Waals surface area contributed by atoms with Crippen molar-refractivity contribution in [2.75, 3.05) is 14.2 Å². The normalized spacial score (nSPS) is 18.3. The minimum atomic E-state index is -0.495. The molecule has 2 aliphatic rings. The third-order valence-electron chi connectivity index (χ3n) is 5.06. The lowest BCUT2D eigenvalue weighted by atomic mass is 9.77. The van der Waals surface area contributed by atoms with Gasteiger partial charge in [-0.25, -0.2) is 0 Å². The zero-order chi connectivity index (χ0) is 17.7. The number of aliphatic hydroxyl groups excluding tert-OH is 1. The quantitative estimate of drug-likeness (QED) is 0.776. The van der Waals surface area contributed by atoms with E-state index >= 15 is 0 Å². The van der Waals surface area contributed by atoms with E-state index in [1.165, 1.54) is 14.2 Å². The van der Waals surface area contributed by atoms with Gasteiger partial charge in [0.15, 0.2) is 11.6 Å². The first kappa shape index (κ1) is 15.8. The van der Waals surface area contributed by atoms with Crippen molar-refractivity contribution in [2.24, 2.45) is 0 Å². The summed E-state index contributed by atoms with van der Waals surface area (Å²) in [5.41, 5.74) is 2.89. The van der Waals surface area contributed by atoms with Gasteiger partial charge in [-0.2, -0.15) is 0 Å². The molecule has 2 aromatic rings. The Morgan fingerprint density at radius 1 is 0.920 bits per heavy atom. The van der Waals surface area contributed by atoms with Crippen LogP contribution in [-0.2, 0) is 12.8 Å². The van der Waals surface area contributed by atoms with Crippen molar-refractivity contribution in [1.29, 1.82) is 0 Å². The number of carbonyl (C=O) groups is 2. The molecule has 5 nitrogen and oxygen atoms in total. The number of ether oxygens (including phenoxy) is 2. The van der Waals surface area contributed by atoms with E-state index < -0.39 is 6.10 Å². The molecule has 0 bridgehead atoms. The molecule has 1 unspecified atom stereocenters. The summed E-state index contributed by atoms with van der Waals surface area (Å²) < 4.78 is 11.1. The third-order valence-corrected chi connectivity index (χ3v) is 5.06. The Labute approximate surface area is 145 Å². The highest BCUT2D eigenvalue weighted by Crippen LogP contribution is 2.46. The average Bonchev–Trinajstić information content (AvgIpc) is 2.64. The highest BCUT2D eigenvalue weighted by Gasteiger charge is 2.39. The van der Waals surface area contributed by atoms with Crippen LogP contribution in [0.15, 0.2) is 24.3 Å². The Morgan fingerprint density at radius 3 is 1.96 bits per heavy atom. The molecule has 2 aliphatic carbocycles. The number of rotatable bonds is 2. The highest BCUT2D eigenvalue weighted by atomic mass is 16.5. The molecule has 1 N–H and O–H groups in total. The minimum absolute atomic E-state index is 0.228. The summed E-state index contributed by atoms with van der Waals surface area (Å²) in [6.07, 6.45) is 1.05. The number of benzene rings is 2. The van der Waals surface area contributed by atoms with E-state index in [-0.39, 0.29) is 22.7 Å². The fourth-order valence-electron chi connectivity index (χ4n) is 3.96. The number of methoxy groups -OCH3 is 2. The van der Waals surface area contributed by atoms with Crippen LogP contribution in [-0.4, -0.2) is 37.0 Å². The number of hydrogen-bond donors (Lipinski definition) is 1. The van der Waals surface area contributed by atoms with Gasteiger partial charge in [0.05, 0.1) is 31.5 Å². The Balaban J connectivity index is 2.10. The lowest BCUT2D eigenvalue weighted by Gasteiger charge is -2.30. The van der Waals surface area contributed by atoms with Gasteiger partial charge in [-0.05, 0) is 12.8 Å². The van der Waals surface area contributed by atoms with Gasteiger partial charge in [0, 0.05) is 28.7 Å². The van der Waals surface area contributed by atoms with Crippen molar-refractivity contribution >= 4 is 11.6 Å². The van der Waals surface area contributed by atoms with Crippen LogP contribution in [0.3, 0.4) is 0 Å². The topological polar surface area (TPSA) is 72.8 Å². The van der Waals surface area contributed by atoms with Gasteiger partial charge in [-0.1, -0.05) is 24.3 Å². The summed E-state index contributed by atoms with van der Waals surface area (Å²) in [4.78, 5) is 26.2. The van der Waals surface area contributed by atoms with E-state index in [1.54, 1.807) is 24.3 Å². The van der Waals surface area contributed by atoms with E-state index in [4.69, 9.17) is 9.47 Å². The van der Waals surface area contributed by atoms with Crippen LogP contribution in [0.4, 0.5) is 0 Å². The third kappa shape index (κ3) is 2.12. The van der Waals surface area contributed by atoms with Gasteiger partial charge in [0.1, 0.15) is 11.5 Å². The first-order chi connectivity index (χ1) is 12.1. The molecule has 1 atom stereocenters. The molecule has 4 rings (SSSR count). The van der Waals surface area contributed by atoms with Crippen molar-refractivity contribution in [3.63, 3.8) is 0 Å². The molecule has 2 aromatic carbocycles. The molecule has 0 fully saturated rings. The summed E-state index contributed by atoms with van der Waals surface area (Å²) in [6.45, 7) is 0. The molecule has 0 amide bonds. The summed E-state index contributed by atoms with van der Waals surface area (Å²) in [7, 11) is 2.99. The first-order valence-corrected chi connectivity index (χ1v) is 8.24. The lowest BCUT2D eigenvalue weighted by Crippen LogP contribution is -2.27. The van der Waals surface area contributed by atoms with Gasteiger partial charge >= 0.3 is 0 Å². The predicted molar refractivity (Wildman–Crippen MR) is 90.9 cm³/mol. The molecule has 0 heterocycles. The van der Waals surface area contributed by atoms with E-state index in [9.17, 15) is 14.7 Å². The molecular formula is C20H18O5. The maximum Gasteiger partial charge on any atom is 0.198 e. The zero-order valence-electron chi connectivity index (χ0n) is 14.1. The largest absolute Gasteiger partial charge is 0.496 e. The van der Waals surface area contributed by atoms with Crippen LogP contribution in [0.5, 0.6) is 11.5 Å².